The summed E-state index contributed by atoms with van der Waals surface area (Å²) in [5, 5.41) is 17.5. The molecule has 1 aliphatic carbocycles. The number of piperazine rings is 1. The number of hydrogen-bond acceptors (Lipinski definition) is 5. The number of hydrogen-bond donors (Lipinski definition) is 4. The Balaban J connectivity index is 1.31. The van der Waals surface area contributed by atoms with Gasteiger partial charge < -0.3 is 26.0 Å². The summed E-state index contributed by atoms with van der Waals surface area (Å²) in [6.45, 7) is 5.67. The molecule has 1 heterocycles. The monoisotopic (exact) mass is 591 g/mol. The summed E-state index contributed by atoms with van der Waals surface area (Å²) in [6.07, 6.45) is 4.27. The van der Waals surface area contributed by atoms with Crippen LogP contribution in [0.3, 0.4) is 0 Å². The molecule has 4 amide bonds. The van der Waals surface area contributed by atoms with E-state index in [4.69, 9.17) is 0 Å². The molecule has 232 valence electrons. The summed E-state index contributed by atoms with van der Waals surface area (Å²) in [5.74, 6) is -0.540. The molecular weight excluding hydrogens is 546 g/mol. The lowest BCUT2D eigenvalue weighted by Gasteiger charge is -2.36. The van der Waals surface area contributed by atoms with Gasteiger partial charge in [0, 0.05) is 52.1 Å². The normalized spacial score (nSPS) is 17.5. The van der Waals surface area contributed by atoms with Crippen molar-refractivity contribution in [2.75, 3.05) is 26.2 Å². The number of benzene rings is 2. The average molecular weight is 592 g/mol. The molecule has 0 aromatic heterocycles. The van der Waals surface area contributed by atoms with Crippen LogP contribution >= 0.6 is 0 Å². The Morgan fingerprint density at radius 1 is 0.837 bits per heavy atom. The van der Waals surface area contributed by atoms with Crippen molar-refractivity contribution < 1.29 is 24.3 Å². The van der Waals surface area contributed by atoms with Crippen LogP contribution in [0.5, 0.6) is 0 Å². The van der Waals surface area contributed by atoms with Crippen molar-refractivity contribution in [3.63, 3.8) is 0 Å². The molecule has 10 nitrogen and oxygen atoms in total. The molecule has 2 aromatic carbocycles. The number of nitrogens with one attached hydrogen (secondary N) is 3. The molecule has 2 atom stereocenters. The van der Waals surface area contributed by atoms with Gasteiger partial charge >= 0.3 is 6.09 Å². The zero-order valence-electron chi connectivity index (χ0n) is 25.1. The minimum Gasteiger partial charge on any atom is -0.465 e. The van der Waals surface area contributed by atoms with Gasteiger partial charge in [0.15, 0.2) is 0 Å². The Bertz CT molecular complexity index is 1210. The van der Waals surface area contributed by atoms with Crippen LogP contribution in [0, 0.1) is 5.92 Å². The highest BCUT2D eigenvalue weighted by atomic mass is 16.4. The van der Waals surface area contributed by atoms with E-state index < -0.39 is 18.2 Å². The molecule has 10 heteroatoms. The average Bonchev–Trinajstić information content (AvgIpc) is 3.03. The molecule has 1 saturated heterocycles. The Kier molecular flexibility index (Phi) is 12.0. The number of carboxylic acid groups (broad SMARTS) is 1. The minimum atomic E-state index is -1.19. The number of nitrogens with zero attached hydrogens (tertiary/aromatic N) is 2. The topological polar surface area (TPSA) is 131 Å². The number of amides is 4. The van der Waals surface area contributed by atoms with Gasteiger partial charge in [-0.1, -0.05) is 80.8 Å². The van der Waals surface area contributed by atoms with Gasteiger partial charge in [-0.15, -0.1) is 0 Å². The van der Waals surface area contributed by atoms with Gasteiger partial charge in [-0.2, -0.15) is 0 Å². The molecule has 43 heavy (non-hydrogen) atoms. The molecular formula is C33H45N5O5. The van der Waals surface area contributed by atoms with Gasteiger partial charge in [0.1, 0.15) is 12.1 Å². The van der Waals surface area contributed by atoms with Crippen LogP contribution in [0.25, 0.3) is 0 Å². The Morgan fingerprint density at radius 3 is 2.12 bits per heavy atom. The number of rotatable bonds is 12. The van der Waals surface area contributed by atoms with Gasteiger partial charge in [-0.25, -0.2) is 4.79 Å². The van der Waals surface area contributed by atoms with E-state index in [-0.39, 0.29) is 30.2 Å². The van der Waals surface area contributed by atoms with E-state index in [9.17, 15) is 24.3 Å². The molecule has 2 aromatic rings. The van der Waals surface area contributed by atoms with Crippen molar-refractivity contribution in [3.8, 4) is 0 Å². The van der Waals surface area contributed by atoms with Crippen LogP contribution in [-0.2, 0) is 33.9 Å². The zero-order chi connectivity index (χ0) is 30.6. The molecule has 1 aliphatic heterocycles. The molecule has 1 saturated carbocycles. The summed E-state index contributed by atoms with van der Waals surface area (Å²) in [7, 11) is 0. The van der Waals surface area contributed by atoms with Gasteiger partial charge in [0.2, 0.25) is 17.7 Å². The van der Waals surface area contributed by atoms with Gasteiger partial charge in [0.25, 0.3) is 0 Å². The van der Waals surface area contributed by atoms with Gasteiger partial charge in [-0.05, 0) is 35.4 Å². The van der Waals surface area contributed by atoms with Crippen molar-refractivity contribution in [1.29, 1.82) is 0 Å². The molecule has 0 radical (unpaired) electrons. The lowest BCUT2D eigenvalue weighted by Crippen LogP contribution is -2.55. The number of carbonyl (C=O) groups is 4. The second-order valence-corrected chi connectivity index (χ2v) is 11.6. The van der Waals surface area contributed by atoms with Crippen LogP contribution in [0.15, 0.2) is 54.6 Å². The van der Waals surface area contributed by atoms with Crippen LogP contribution in [0.4, 0.5) is 4.79 Å². The van der Waals surface area contributed by atoms with Gasteiger partial charge in [-0.3, -0.25) is 19.3 Å². The molecule has 2 aliphatic rings. The van der Waals surface area contributed by atoms with Crippen LogP contribution in [-0.4, -0.2) is 77.0 Å². The summed E-state index contributed by atoms with van der Waals surface area (Å²) < 4.78 is 0. The predicted molar refractivity (Wildman–Crippen MR) is 164 cm³/mol. The summed E-state index contributed by atoms with van der Waals surface area (Å²) in [6, 6.07) is 16.5. The van der Waals surface area contributed by atoms with Crippen molar-refractivity contribution in [1.82, 2.24) is 25.8 Å². The van der Waals surface area contributed by atoms with Crippen molar-refractivity contribution >= 4 is 23.8 Å². The Labute approximate surface area is 254 Å². The first-order valence-corrected chi connectivity index (χ1v) is 15.5. The first-order chi connectivity index (χ1) is 20.8. The fourth-order valence-corrected chi connectivity index (χ4v) is 6.01. The zero-order valence-corrected chi connectivity index (χ0v) is 25.1. The molecule has 4 N–H and O–H groups in total. The third kappa shape index (κ3) is 9.81. The maximum atomic E-state index is 13.5. The van der Waals surface area contributed by atoms with E-state index in [0.29, 0.717) is 25.9 Å². The van der Waals surface area contributed by atoms with E-state index in [1.807, 2.05) is 47.4 Å². The SMILES string of the molecule is CCC(=O)N[C@H](Cc1ccc(CNC(=O)[C@@H](NC(=O)O)C2CCCCC2)cc1)C(=O)N1CCN(Cc2ccccc2)CC1. The highest BCUT2D eigenvalue weighted by Crippen LogP contribution is 2.26. The molecule has 4 rings (SSSR count). The fraction of sp³-hybridized carbons (Fsp3) is 0.515. The molecule has 0 bridgehead atoms. The van der Waals surface area contributed by atoms with E-state index >= 15 is 0 Å². The summed E-state index contributed by atoms with van der Waals surface area (Å²) >= 11 is 0. The first kappa shape index (κ1) is 32.0. The fourth-order valence-electron chi connectivity index (χ4n) is 6.01. The van der Waals surface area contributed by atoms with Crippen LogP contribution < -0.4 is 16.0 Å². The van der Waals surface area contributed by atoms with E-state index in [2.05, 4.69) is 33.0 Å². The predicted octanol–water partition coefficient (Wildman–Crippen LogP) is 3.30. The Morgan fingerprint density at radius 2 is 1.49 bits per heavy atom. The van der Waals surface area contributed by atoms with Crippen LogP contribution in [0.1, 0.15) is 62.1 Å². The summed E-state index contributed by atoms with van der Waals surface area (Å²) in [5.41, 5.74) is 3.02. The first-order valence-electron chi connectivity index (χ1n) is 15.5. The third-order valence-electron chi connectivity index (χ3n) is 8.50. The maximum Gasteiger partial charge on any atom is 0.405 e. The molecule has 0 unspecified atom stereocenters. The largest absolute Gasteiger partial charge is 0.465 e. The van der Waals surface area contributed by atoms with Gasteiger partial charge in [0.05, 0.1) is 0 Å². The van der Waals surface area contributed by atoms with Crippen molar-refractivity contribution in [2.24, 2.45) is 5.92 Å². The van der Waals surface area contributed by atoms with Crippen molar-refractivity contribution in [2.45, 2.75) is 77.0 Å². The van der Waals surface area contributed by atoms with Crippen molar-refractivity contribution in [3.05, 3.63) is 71.3 Å². The standard InChI is InChI=1S/C33H45N5O5/c1-2-29(39)35-28(32(41)38-19-17-37(18-20-38)23-26-9-5-3-6-10-26)21-24-13-15-25(16-14-24)22-34-31(40)30(36-33(42)43)27-11-7-4-8-12-27/h3,5-6,9-10,13-16,27-28,30,36H,2,4,7-8,11-12,17-23H2,1H3,(H,34,40)(H,35,39)(H,42,43)/t28-,30+/m1/s1. The maximum absolute atomic E-state index is 13.5. The van der Waals surface area contributed by atoms with E-state index in [0.717, 1.165) is 62.9 Å². The highest BCUT2D eigenvalue weighted by molar-refractivity contribution is 5.88. The van der Waals surface area contributed by atoms with E-state index in [1.54, 1.807) is 6.92 Å². The lowest BCUT2D eigenvalue weighted by molar-refractivity contribution is -0.138. The number of carbonyl (C=O) groups excluding carboxylic acids is 3. The highest BCUT2D eigenvalue weighted by Gasteiger charge is 2.31. The molecule has 0 spiro atoms. The second kappa shape index (κ2) is 16.1. The summed E-state index contributed by atoms with van der Waals surface area (Å²) in [4.78, 5) is 54.3. The van der Waals surface area contributed by atoms with E-state index in [1.165, 1.54) is 5.56 Å². The quantitative estimate of drug-likeness (QED) is 0.300. The minimum absolute atomic E-state index is 0.00636. The Hall–Kier alpha value is -3.92. The second-order valence-electron chi connectivity index (χ2n) is 11.6. The third-order valence-corrected chi connectivity index (χ3v) is 8.50. The lowest BCUT2D eigenvalue weighted by atomic mass is 9.83. The van der Waals surface area contributed by atoms with Crippen LogP contribution in [0.2, 0.25) is 0 Å². The molecule has 2 fully saturated rings. The smallest absolute Gasteiger partial charge is 0.405 e.